The zero-order valence-electron chi connectivity index (χ0n) is 38.6. The van der Waals surface area contributed by atoms with Crippen LogP contribution in [0.3, 0.4) is 0 Å². The number of fused-ring (bicyclic) bond motifs is 2. The molecule has 6 aromatic rings. The second-order valence-corrected chi connectivity index (χ2v) is 18.1. The van der Waals surface area contributed by atoms with Crippen LogP contribution in [-0.4, -0.2) is 90.8 Å². The third kappa shape index (κ3) is 14.6. The molecule has 0 saturated carbocycles. The first kappa shape index (κ1) is 54.2. The SMILES string of the molecule is CCN(CC)CCCC(C)Nc1ccnc2cc(Cl)ccc12.COc1ncnc(NS(=O)(=O)c2ccc(N)cc2)c1OC.O[C@@H](c1cc(C(F)(F)F)nc2c(C(F)(F)F)cccc12)[C@H]1CCCCN1. The fourth-order valence-electron chi connectivity index (χ4n) is 7.60. The van der Waals surface area contributed by atoms with E-state index < -0.39 is 51.3 Å². The molecule has 374 valence electrons. The molecule has 0 amide bonds. The number of anilines is 3. The standard InChI is InChI=1S/C18H26ClN3.C17H16F6N2O.C12H14N4O4S/c1-4-22(5-2)12-6-7-14(3)21-17-10-11-20-18-13-15(19)8-9-16(17)18;18-16(19,20)11-5-3-4-9-10(15(26)12-6-1-2-7-24-12)8-13(17(21,22)23)25-14(9)11;1-19-10-11(14-7-15-12(10)20-2)16-21(17,18)9-5-3-8(13)4-6-9/h8-11,13-14H,4-7,12H2,1-3H3,(H,20,21);3-5,8,12,15,24,26H,1-2,6-7H2;3-7H,13H2,1-2H3,(H,14,15,16)/t;12-,15+;/m.1./s1. The summed E-state index contributed by atoms with van der Waals surface area (Å²) in [4.78, 5) is 17.8. The number of aliphatic hydroxyl groups is 1. The van der Waals surface area contributed by atoms with E-state index in [-0.39, 0.29) is 33.3 Å². The zero-order chi connectivity index (χ0) is 50.5. The molecule has 1 saturated heterocycles. The maximum absolute atomic E-state index is 13.2. The lowest BCUT2D eigenvalue weighted by molar-refractivity contribution is -0.142. The Kier molecular flexibility index (Phi) is 19.0. The van der Waals surface area contributed by atoms with Gasteiger partial charge in [0.1, 0.15) is 12.0 Å². The Balaban J connectivity index is 0.000000195. The number of aliphatic hydroxyl groups excluding tert-OH is 1. The van der Waals surface area contributed by atoms with Gasteiger partial charge in [0.15, 0.2) is 5.82 Å². The van der Waals surface area contributed by atoms with Crippen molar-refractivity contribution in [1.29, 1.82) is 0 Å². The van der Waals surface area contributed by atoms with Crippen molar-refractivity contribution >= 4 is 60.6 Å². The molecule has 0 bridgehead atoms. The van der Waals surface area contributed by atoms with Crippen LogP contribution in [0.5, 0.6) is 11.6 Å². The van der Waals surface area contributed by atoms with Gasteiger partial charge in [0.2, 0.25) is 5.75 Å². The number of aromatic nitrogens is 4. The summed E-state index contributed by atoms with van der Waals surface area (Å²) in [6.07, 6.45) is -3.62. The van der Waals surface area contributed by atoms with Gasteiger partial charge in [0.25, 0.3) is 15.9 Å². The summed E-state index contributed by atoms with van der Waals surface area (Å²) < 4.78 is 116. The number of benzene rings is 3. The molecule has 69 heavy (non-hydrogen) atoms. The van der Waals surface area contributed by atoms with E-state index in [4.69, 9.17) is 26.8 Å². The summed E-state index contributed by atoms with van der Waals surface area (Å²) >= 11 is 6.04. The van der Waals surface area contributed by atoms with Crippen molar-refractivity contribution in [2.75, 3.05) is 56.2 Å². The van der Waals surface area contributed by atoms with Crippen molar-refractivity contribution in [1.82, 2.24) is 30.2 Å². The number of sulfonamides is 1. The topological polar surface area (TPSA) is 190 Å². The molecular weight excluding hydrogens is 952 g/mol. The number of piperidine rings is 1. The molecular formula is C47H56ClF6N9O5S. The van der Waals surface area contributed by atoms with Gasteiger partial charge in [-0.3, -0.25) is 9.71 Å². The molecule has 4 heterocycles. The lowest BCUT2D eigenvalue weighted by Gasteiger charge is -2.29. The highest BCUT2D eigenvalue weighted by Gasteiger charge is 2.39. The summed E-state index contributed by atoms with van der Waals surface area (Å²) in [6.45, 7) is 10.7. The van der Waals surface area contributed by atoms with Gasteiger partial charge in [-0.1, -0.05) is 44.0 Å². The number of pyridine rings is 2. The monoisotopic (exact) mass is 1010 g/mol. The highest BCUT2D eigenvalue weighted by molar-refractivity contribution is 7.92. The van der Waals surface area contributed by atoms with Gasteiger partial charge < -0.3 is 35.8 Å². The highest BCUT2D eigenvalue weighted by Crippen LogP contribution is 2.40. The van der Waals surface area contributed by atoms with Gasteiger partial charge in [-0.25, -0.2) is 18.4 Å². The lowest BCUT2D eigenvalue weighted by Crippen LogP contribution is -2.39. The van der Waals surface area contributed by atoms with Gasteiger partial charge in [-0.15, -0.1) is 0 Å². The van der Waals surface area contributed by atoms with Crippen LogP contribution in [0.1, 0.15) is 75.8 Å². The van der Waals surface area contributed by atoms with Crippen LogP contribution in [0.2, 0.25) is 5.02 Å². The third-order valence-electron chi connectivity index (χ3n) is 11.2. The molecule has 1 fully saturated rings. The van der Waals surface area contributed by atoms with Crippen molar-refractivity contribution in [2.24, 2.45) is 0 Å². The van der Waals surface area contributed by atoms with Crippen molar-refractivity contribution in [3.63, 3.8) is 0 Å². The maximum Gasteiger partial charge on any atom is 0.433 e. The summed E-state index contributed by atoms with van der Waals surface area (Å²) in [7, 11) is -1.06. The first-order valence-electron chi connectivity index (χ1n) is 22.0. The number of halogens is 7. The van der Waals surface area contributed by atoms with Crippen molar-refractivity contribution in [3.05, 3.63) is 107 Å². The average molecular weight is 1010 g/mol. The Labute approximate surface area is 402 Å². The minimum absolute atomic E-state index is 0.0128. The fourth-order valence-corrected chi connectivity index (χ4v) is 8.78. The van der Waals surface area contributed by atoms with Crippen LogP contribution in [0.15, 0.2) is 90.2 Å². The molecule has 14 nitrogen and oxygen atoms in total. The van der Waals surface area contributed by atoms with Crippen LogP contribution in [0, 0.1) is 0 Å². The number of hydrogen-bond acceptors (Lipinski definition) is 13. The minimum atomic E-state index is -4.93. The molecule has 22 heteroatoms. The zero-order valence-corrected chi connectivity index (χ0v) is 40.2. The fraction of sp³-hybridized carbons (Fsp3) is 0.404. The number of nitrogens with zero attached hydrogens (tertiary/aromatic N) is 5. The second kappa shape index (κ2) is 24.2. The third-order valence-corrected chi connectivity index (χ3v) is 12.8. The molecule has 1 aliphatic heterocycles. The van der Waals surface area contributed by atoms with Crippen molar-refractivity contribution < 1.29 is 49.3 Å². The van der Waals surface area contributed by atoms with Gasteiger partial charge in [0, 0.05) is 45.5 Å². The van der Waals surface area contributed by atoms with Crippen molar-refractivity contribution in [2.45, 2.75) is 88.3 Å². The maximum atomic E-state index is 13.2. The van der Waals surface area contributed by atoms with Gasteiger partial charge in [-0.05, 0) is 125 Å². The first-order valence-corrected chi connectivity index (χ1v) is 23.9. The molecule has 6 N–H and O–H groups in total. The Morgan fingerprint density at radius 2 is 1.65 bits per heavy atom. The van der Waals surface area contributed by atoms with Crippen LogP contribution < -0.4 is 30.6 Å². The van der Waals surface area contributed by atoms with E-state index in [0.717, 1.165) is 60.0 Å². The van der Waals surface area contributed by atoms with Gasteiger partial charge in [-0.2, -0.15) is 31.3 Å². The minimum Gasteiger partial charge on any atom is -0.489 e. The Morgan fingerprint density at radius 1 is 0.928 bits per heavy atom. The molecule has 3 atom stereocenters. The number of nitrogens with one attached hydrogen (secondary N) is 3. The molecule has 0 spiro atoms. The number of methoxy groups -OCH3 is 2. The number of para-hydroxylation sites is 1. The van der Waals surface area contributed by atoms with Crippen LogP contribution >= 0.6 is 11.6 Å². The Hall–Kier alpha value is -5.74. The van der Waals surface area contributed by atoms with E-state index >= 15 is 0 Å². The van der Waals surface area contributed by atoms with Crippen LogP contribution in [-0.2, 0) is 22.4 Å². The number of nitrogens with two attached hydrogens (primary N) is 1. The second-order valence-electron chi connectivity index (χ2n) is 16.0. The summed E-state index contributed by atoms with van der Waals surface area (Å²) in [5.74, 6) is 0.211. The average Bonchev–Trinajstić information content (AvgIpc) is 3.32. The van der Waals surface area contributed by atoms with Crippen LogP contribution in [0.25, 0.3) is 21.8 Å². The Bertz CT molecular complexity index is 2730. The van der Waals surface area contributed by atoms with Crippen LogP contribution in [0.4, 0.5) is 43.5 Å². The van der Waals surface area contributed by atoms with Crippen molar-refractivity contribution in [3.8, 4) is 11.6 Å². The lowest BCUT2D eigenvalue weighted by atomic mass is 9.91. The largest absolute Gasteiger partial charge is 0.489 e. The number of rotatable bonds is 15. The smallest absolute Gasteiger partial charge is 0.433 e. The number of hydrogen-bond donors (Lipinski definition) is 5. The van der Waals surface area contributed by atoms with Gasteiger partial charge >= 0.3 is 12.4 Å². The van der Waals surface area contributed by atoms with E-state index in [2.05, 4.69) is 61.0 Å². The molecule has 7 rings (SSSR count). The Morgan fingerprint density at radius 3 is 2.28 bits per heavy atom. The highest BCUT2D eigenvalue weighted by atomic mass is 35.5. The first-order chi connectivity index (χ1) is 32.7. The van der Waals surface area contributed by atoms with E-state index in [0.29, 0.717) is 36.8 Å². The number of nitrogen functional groups attached to an aromatic ring is 1. The normalized spacial score (nSPS) is 15.1. The molecule has 1 unspecified atom stereocenters. The molecule has 0 aliphatic carbocycles. The quantitative estimate of drug-likeness (QED) is 0.0483. The van der Waals surface area contributed by atoms with E-state index in [1.165, 1.54) is 63.8 Å². The predicted octanol–water partition coefficient (Wildman–Crippen LogP) is 10.1. The molecule has 3 aromatic carbocycles. The molecule has 1 aliphatic rings. The summed E-state index contributed by atoms with van der Waals surface area (Å²) in [5, 5.41) is 18.9. The van der Waals surface area contributed by atoms with E-state index in [1.807, 2.05) is 30.5 Å². The summed E-state index contributed by atoms with van der Waals surface area (Å²) in [6, 6.07) is 17.3. The predicted molar refractivity (Wildman–Crippen MR) is 256 cm³/mol. The van der Waals surface area contributed by atoms with E-state index in [9.17, 15) is 39.9 Å². The summed E-state index contributed by atoms with van der Waals surface area (Å²) in [5.41, 5.74) is 4.36. The molecule has 3 aromatic heterocycles. The number of alkyl halides is 6. The molecule has 0 radical (unpaired) electrons. The van der Waals surface area contributed by atoms with E-state index in [1.54, 1.807) is 0 Å². The number of ether oxygens (including phenoxy) is 2. The van der Waals surface area contributed by atoms with Gasteiger partial charge in [0.05, 0.1) is 41.8 Å².